The number of hydrogen-bond donors (Lipinski definition) is 2. The fourth-order valence-electron chi connectivity index (χ4n) is 2.50. The number of imidazole rings is 1. The van der Waals surface area contributed by atoms with Gasteiger partial charge in [-0.3, -0.25) is 0 Å². The number of nitrogens with one attached hydrogen (secondary N) is 2. The van der Waals surface area contributed by atoms with Gasteiger partial charge >= 0.3 is 0 Å². The van der Waals surface area contributed by atoms with Gasteiger partial charge in [-0.05, 0) is 28.4 Å². The van der Waals surface area contributed by atoms with Crippen molar-refractivity contribution in [2.45, 2.75) is 6.54 Å². The van der Waals surface area contributed by atoms with Crippen molar-refractivity contribution in [2.75, 3.05) is 12.4 Å². The highest BCUT2D eigenvalue weighted by atomic mass is 35.5. The van der Waals surface area contributed by atoms with Gasteiger partial charge in [-0.25, -0.2) is 4.98 Å². The van der Waals surface area contributed by atoms with Gasteiger partial charge in [-0.2, -0.15) is 15.2 Å². The first kappa shape index (κ1) is 14.5. The van der Waals surface area contributed by atoms with E-state index in [2.05, 4.69) is 40.9 Å². The summed E-state index contributed by atoms with van der Waals surface area (Å²) in [5.74, 6) is 1.15. The van der Waals surface area contributed by atoms with E-state index in [0.717, 1.165) is 11.1 Å². The van der Waals surface area contributed by atoms with Crippen molar-refractivity contribution in [1.82, 2.24) is 40.1 Å². The number of rotatable bonds is 4. The van der Waals surface area contributed by atoms with Crippen molar-refractivity contribution in [1.29, 1.82) is 0 Å². The molecule has 0 fully saturated rings. The highest BCUT2D eigenvalue weighted by Gasteiger charge is 2.12. The lowest BCUT2D eigenvalue weighted by atomic mass is 10.1. The zero-order valence-electron chi connectivity index (χ0n) is 12.6. The maximum absolute atomic E-state index is 6.00. The van der Waals surface area contributed by atoms with Gasteiger partial charge in [0, 0.05) is 12.6 Å². The summed E-state index contributed by atoms with van der Waals surface area (Å²) in [6.07, 6.45) is 1.72. The Labute approximate surface area is 141 Å². The van der Waals surface area contributed by atoms with Crippen LogP contribution in [0.15, 0.2) is 30.6 Å². The molecular formula is C14H12ClN9. The van der Waals surface area contributed by atoms with E-state index < -0.39 is 0 Å². The van der Waals surface area contributed by atoms with E-state index in [9.17, 15) is 0 Å². The number of anilines is 1. The Kier molecular flexibility index (Phi) is 3.54. The molecule has 0 aliphatic carbocycles. The van der Waals surface area contributed by atoms with Crippen LogP contribution in [0.5, 0.6) is 0 Å². The normalized spacial score (nSPS) is 11.1. The van der Waals surface area contributed by atoms with E-state index in [1.807, 2.05) is 28.8 Å². The zero-order chi connectivity index (χ0) is 16.5. The number of halogens is 1. The summed E-state index contributed by atoms with van der Waals surface area (Å²) in [6.45, 7) is 0.582. The minimum atomic E-state index is 0.175. The van der Waals surface area contributed by atoms with E-state index in [0.29, 0.717) is 29.4 Å². The average molecular weight is 342 g/mol. The van der Waals surface area contributed by atoms with Gasteiger partial charge in [0.15, 0.2) is 17.0 Å². The molecule has 0 unspecified atom stereocenters. The van der Waals surface area contributed by atoms with Crippen molar-refractivity contribution >= 4 is 28.6 Å². The second-order valence-electron chi connectivity index (χ2n) is 5.07. The molecule has 3 aromatic heterocycles. The van der Waals surface area contributed by atoms with Crippen molar-refractivity contribution in [3.05, 3.63) is 41.4 Å². The topological polar surface area (TPSA) is 110 Å². The van der Waals surface area contributed by atoms with Crippen LogP contribution in [0.2, 0.25) is 5.28 Å². The summed E-state index contributed by atoms with van der Waals surface area (Å²) in [5, 5.41) is 17.2. The van der Waals surface area contributed by atoms with Gasteiger partial charge in [0.2, 0.25) is 11.1 Å². The molecule has 0 atom stereocenters. The summed E-state index contributed by atoms with van der Waals surface area (Å²) in [7, 11) is 1.77. The summed E-state index contributed by atoms with van der Waals surface area (Å²) >= 11 is 6.00. The Balaban J connectivity index is 1.72. The lowest BCUT2D eigenvalue weighted by Crippen LogP contribution is -2.02. The summed E-state index contributed by atoms with van der Waals surface area (Å²) in [4.78, 5) is 12.8. The van der Waals surface area contributed by atoms with Crippen LogP contribution in [0.1, 0.15) is 5.56 Å². The van der Waals surface area contributed by atoms with Gasteiger partial charge in [0.05, 0.1) is 12.9 Å². The van der Waals surface area contributed by atoms with Crippen molar-refractivity contribution in [3.8, 4) is 11.4 Å². The predicted molar refractivity (Wildman–Crippen MR) is 88.6 cm³/mol. The third-order valence-electron chi connectivity index (χ3n) is 3.56. The Morgan fingerprint density at radius 3 is 3.00 bits per heavy atom. The van der Waals surface area contributed by atoms with Gasteiger partial charge in [0.25, 0.3) is 0 Å². The molecule has 0 saturated carbocycles. The fraction of sp³-hybridized carbons (Fsp3) is 0.143. The lowest BCUT2D eigenvalue weighted by Gasteiger charge is -2.06. The van der Waals surface area contributed by atoms with E-state index in [1.54, 1.807) is 13.4 Å². The molecule has 0 spiro atoms. The first-order valence-corrected chi connectivity index (χ1v) is 7.51. The standard InChI is InChI=1S/C14H12ClN9/c1-16-12-10-13(19-14(15)18-12)24(7-17-10)6-8-3-2-4-9(5-8)11-20-22-23-21-11/h2-5,7H,6H2,1H3,(H,16,18,19)(H,20,21,22,23). The van der Waals surface area contributed by atoms with E-state index in [1.165, 1.54) is 0 Å². The van der Waals surface area contributed by atoms with Crippen LogP contribution in [-0.2, 0) is 6.54 Å². The minimum absolute atomic E-state index is 0.175. The average Bonchev–Trinajstić information content (AvgIpc) is 3.25. The highest BCUT2D eigenvalue weighted by Crippen LogP contribution is 2.22. The van der Waals surface area contributed by atoms with E-state index >= 15 is 0 Å². The Morgan fingerprint density at radius 2 is 2.21 bits per heavy atom. The Hall–Kier alpha value is -3.07. The summed E-state index contributed by atoms with van der Waals surface area (Å²) in [5.41, 5.74) is 3.28. The molecule has 2 N–H and O–H groups in total. The maximum atomic E-state index is 6.00. The molecule has 0 radical (unpaired) electrons. The number of fused-ring (bicyclic) bond motifs is 1. The molecule has 3 heterocycles. The molecule has 9 nitrogen and oxygen atoms in total. The van der Waals surface area contributed by atoms with Crippen LogP contribution < -0.4 is 5.32 Å². The van der Waals surface area contributed by atoms with E-state index in [4.69, 9.17) is 11.6 Å². The minimum Gasteiger partial charge on any atom is -0.371 e. The molecule has 0 amide bonds. The fourth-order valence-corrected chi connectivity index (χ4v) is 2.66. The van der Waals surface area contributed by atoms with Crippen LogP contribution >= 0.6 is 11.6 Å². The first-order chi connectivity index (χ1) is 11.7. The Bertz CT molecular complexity index is 993. The first-order valence-electron chi connectivity index (χ1n) is 7.13. The van der Waals surface area contributed by atoms with Crippen LogP contribution in [0, 0.1) is 0 Å². The van der Waals surface area contributed by atoms with Crippen molar-refractivity contribution in [2.24, 2.45) is 0 Å². The monoisotopic (exact) mass is 341 g/mol. The van der Waals surface area contributed by atoms with Gasteiger partial charge in [-0.1, -0.05) is 18.2 Å². The third kappa shape index (κ3) is 2.54. The van der Waals surface area contributed by atoms with Gasteiger partial charge in [-0.15, -0.1) is 10.2 Å². The number of aromatic amines is 1. The van der Waals surface area contributed by atoms with Crippen LogP contribution in [0.4, 0.5) is 5.82 Å². The lowest BCUT2D eigenvalue weighted by molar-refractivity contribution is 0.813. The molecule has 24 heavy (non-hydrogen) atoms. The van der Waals surface area contributed by atoms with Crippen LogP contribution in [0.3, 0.4) is 0 Å². The SMILES string of the molecule is CNc1nc(Cl)nc2c1ncn2Cc1cccc(-c2nn[nH]n2)c1. The van der Waals surface area contributed by atoms with Gasteiger partial charge < -0.3 is 9.88 Å². The smallest absolute Gasteiger partial charge is 0.226 e. The van der Waals surface area contributed by atoms with Crippen molar-refractivity contribution < 1.29 is 0 Å². The molecule has 0 aliphatic rings. The Morgan fingerprint density at radius 1 is 1.29 bits per heavy atom. The molecule has 120 valence electrons. The number of aromatic nitrogens is 8. The second-order valence-corrected chi connectivity index (χ2v) is 5.41. The van der Waals surface area contributed by atoms with Crippen molar-refractivity contribution in [3.63, 3.8) is 0 Å². The number of hydrogen-bond acceptors (Lipinski definition) is 7. The number of H-pyrrole nitrogens is 1. The van der Waals surface area contributed by atoms with Crippen LogP contribution in [0.25, 0.3) is 22.6 Å². The zero-order valence-corrected chi connectivity index (χ0v) is 13.4. The van der Waals surface area contributed by atoms with E-state index in [-0.39, 0.29) is 5.28 Å². The largest absolute Gasteiger partial charge is 0.371 e. The third-order valence-corrected chi connectivity index (χ3v) is 3.73. The molecule has 0 bridgehead atoms. The van der Waals surface area contributed by atoms with Gasteiger partial charge in [0.1, 0.15) is 0 Å². The molecule has 10 heteroatoms. The summed E-state index contributed by atoms with van der Waals surface area (Å²) < 4.78 is 1.92. The molecule has 4 aromatic rings. The predicted octanol–water partition coefficient (Wildman–Crippen LogP) is 1.75. The second kappa shape index (κ2) is 5.85. The molecular weight excluding hydrogens is 330 g/mol. The number of nitrogens with zero attached hydrogens (tertiary/aromatic N) is 7. The highest BCUT2D eigenvalue weighted by molar-refractivity contribution is 6.28. The number of tetrazole rings is 1. The molecule has 4 rings (SSSR count). The van der Waals surface area contributed by atoms with Crippen LogP contribution in [-0.4, -0.2) is 47.2 Å². The molecule has 0 aliphatic heterocycles. The maximum Gasteiger partial charge on any atom is 0.226 e. The summed E-state index contributed by atoms with van der Waals surface area (Å²) in [6, 6.07) is 7.88. The number of benzene rings is 1. The molecule has 0 saturated heterocycles. The molecule has 1 aromatic carbocycles. The quantitative estimate of drug-likeness (QED) is 0.544.